The van der Waals surface area contributed by atoms with E-state index in [0.29, 0.717) is 11.1 Å². The number of ether oxygens (including phenoxy) is 1. The quantitative estimate of drug-likeness (QED) is 0.446. The van der Waals surface area contributed by atoms with Crippen LogP contribution in [0.3, 0.4) is 0 Å². The normalized spacial score (nSPS) is 13.9. The van der Waals surface area contributed by atoms with Crippen molar-refractivity contribution in [3.8, 4) is 5.75 Å². The SMILES string of the molecule is O=C1NC(=S)NC(=O)C1=Cc1cc(Cl)c(OCc2ccccc2F)c(Cl)c1. The number of rotatable bonds is 4. The third-order valence-electron chi connectivity index (χ3n) is 3.60. The van der Waals surface area contributed by atoms with Gasteiger partial charge in [0, 0.05) is 5.56 Å². The Morgan fingerprint density at radius 1 is 1.07 bits per heavy atom. The molecule has 0 saturated carbocycles. The maximum atomic E-state index is 13.7. The standard InChI is InChI=1S/C18H11Cl2FN2O3S/c19-12-6-9(5-11-16(24)22-18(27)23-17(11)25)7-13(20)15(12)26-8-10-3-1-2-4-14(10)21/h1-7H,8H2,(H2,22,23,24,25,27). The fourth-order valence-electron chi connectivity index (χ4n) is 2.34. The van der Waals surface area contributed by atoms with Crippen LogP contribution in [-0.2, 0) is 16.2 Å². The fourth-order valence-corrected chi connectivity index (χ4v) is 3.14. The Hall–Kier alpha value is -2.48. The molecular formula is C18H11Cl2FN2O3S. The topological polar surface area (TPSA) is 67.4 Å². The van der Waals surface area contributed by atoms with Crippen LogP contribution in [0.5, 0.6) is 5.75 Å². The Kier molecular flexibility index (Phi) is 5.74. The minimum atomic E-state index is -0.629. The summed E-state index contributed by atoms with van der Waals surface area (Å²) < 4.78 is 19.2. The number of benzene rings is 2. The molecule has 2 amide bonds. The molecule has 9 heteroatoms. The van der Waals surface area contributed by atoms with Crippen molar-refractivity contribution in [2.45, 2.75) is 6.61 Å². The van der Waals surface area contributed by atoms with Crippen molar-refractivity contribution in [3.63, 3.8) is 0 Å². The minimum absolute atomic E-state index is 0.0601. The van der Waals surface area contributed by atoms with Gasteiger partial charge in [-0.3, -0.25) is 20.2 Å². The highest BCUT2D eigenvalue weighted by molar-refractivity contribution is 7.80. The van der Waals surface area contributed by atoms with Crippen molar-refractivity contribution in [2.24, 2.45) is 0 Å². The lowest BCUT2D eigenvalue weighted by atomic mass is 10.1. The average molecular weight is 425 g/mol. The Bertz CT molecular complexity index is 949. The van der Waals surface area contributed by atoms with E-state index < -0.39 is 17.6 Å². The maximum absolute atomic E-state index is 13.7. The van der Waals surface area contributed by atoms with Gasteiger partial charge in [-0.1, -0.05) is 41.4 Å². The lowest BCUT2D eigenvalue weighted by Gasteiger charge is -2.16. The Labute approximate surface area is 169 Å². The number of thiocarbonyl (C=S) groups is 1. The molecule has 0 atom stereocenters. The fraction of sp³-hybridized carbons (Fsp3) is 0.0556. The summed E-state index contributed by atoms with van der Waals surface area (Å²) in [6.07, 6.45) is 1.32. The highest BCUT2D eigenvalue weighted by atomic mass is 35.5. The van der Waals surface area contributed by atoms with Crippen molar-refractivity contribution >= 4 is 58.4 Å². The smallest absolute Gasteiger partial charge is 0.263 e. The van der Waals surface area contributed by atoms with Crippen LogP contribution in [0.25, 0.3) is 6.08 Å². The van der Waals surface area contributed by atoms with Crippen LogP contribution in [0.15, 0.2) is 42.0 Å². The lowest BCUT2D eigenvalue weighted by Crippen LogP contribution is -2.51. The molecule has 5 nitrogen and oxygen atoms in total. The van der Waals surface area contributed by atoms with E-state index in [4.69, 9.17) is 40.2 Å². The largest absolute Gasteiger partial charge is 0.486 e. The molecule has 0 unspecified atom stereocenters. The number of nitrogens with one attached hydrogen (secondary N) is 2. The van der Waals surface area contributed by atoms with E-state index in [-0.39, 0.29) is 33.1 Å². The summed E-state index contributed by atoms with van der Waals surface area (Å²) in [5, 5.41) is 4.90. The van der Waals surface area contributed by atoms with Gasteiger partial charge >= 0.3 is 0 Å². The van der Waals surface area contributed by atoms with Gasteiger partial charge in [-0.15, -0.1) is 0 Å². The van der Waals surface area contributed by atoms with Gasteiger partial charge in [0.25, 0.3) is 11.8 Å². The zero-order chi connectivity index (χ0) is 19.6. The molecule has 1 heterocycles. The van der Waals surface area contributed by atoms with Crippen LogP contribution in [0.1, 0.15) is 11.1 Å². The van der Waals surface area contributed by atoms with Crippen molar-refractivity contribution in [1.29, 1.82) is 0 Å². The number of hydrogen-bond donors (Lipinski definition) is 2. The third kappa shape index (κ3) is 4.44. The van der Waals surface area contributed by atoms with Crippen LogP contribution in [-0.4, -0.2) is 16.9 Å². The molecule has 2 N–H and O–H groups in total. The van der Waals surface area contributed by atoms with E-state index >= 15 is 0 Å². The predicted octanol–water partition coefficient (Wildman–Crippen LogP) is 3.63. The molecule has 0 radical (unpaired) electrons. The summed E-state index contributed by atoms with van der Waals surface area (Å²) in [7, 11) is 0. The molecule has 1 saturated heterocycles. The second-order valence-corrected chi connectivity index (χ2v) is 6.71. The molecular weight excluding hydrogens is 414 g/mol. The van der Waals surface area contributed by atoms with Crippen molar-refractivity contribution in [3.05, 3.63) is 69.0 Å². The first-order valence-corrected chi connectivity index (χ1v) is 8.75. The molecule has 2 aromatic carbocycles. The number of halogens is 3. The summed E-state index contributed by atoms with van der Waals surface area (Å²) in [5.41, 5.74) is 0.620. The summed E-state index contributed by atoms with van der Waals surface area (Å²) in [6, 6.07) is 9.12. The van der Waals surface area contributed by atoms with Crippen LogP contribution in [0, 0.1) is 5.82 Å². The van der Waals surface area contributed by atoms with Gasteiger partial charge in [0.15, 0.2) is 10.9 Å². The number of amides is 2. The van der Waals surface area contributed by atoms with Crippen LogP contribution >= 0.6 is 35.4 Å². The summed E-state index contributed by atoms with van der Waals surface area (Å²) in [6.45, 7) is -0.0607. The molecule has 3 rings (SSSR count). The monoisotopic (exact) mass is 424 g/mol. The molecule has 1 fully saturated rings. The molecule has 0 bridgehead atoms. The molecule has 2 aromatic rings. The molecule has 1 aliphatic heterocycles. The van der Waals surface area contributed by atoms with Crippen LogP contribution < -0.4 is 15.4 Å². The first-order chi connectivity index (χ1) is 12.8. The summed E-state index contributed by atoms with van der Waals surface area (Å²) >= 11 is 17.1. The number of carbonyl (C=O) groups is 2. The van der Waals surface area contributed by atoms with Crippen molar-refractivity contribution in [2.75, 3.05) is 0 Å². The van der Waals surface area contributed by atoms with E-state index in [1.807, 2.05) is 0 Å². The van der Waals surface area contributed by atoms with Gasteiger partial charge in [0.05, 0.1) is 10.0 Å². The Morgan fingerprint density at radius 2 is 1.67 bits per heavy atom. The zero-order valence-electron chi connectivity index (χ0n) is 13.5. The summed E-state index contributed by atoms with van der Waals surface area (Å²) in [5.74, 6) is -1.49. The van der Waals surface area contributed by atoms with E-state index in [1.165, 1.54) is 24.3 Å². The summed E-state index contributed by atoms with van der Waals surface area (Å²) in [4.78, 5) is 23.8. The molecule has 27 heavy (non-hydrogen) atoms. The average Bonchev–Trinajstić information content (AvgIpc) is 2.59. The zero-order valence-corrected chi connectivity index (χ0v) is 15.8. The van der Waals surface area contributed by atoms with Gasteiger partial charge in [0.1, 0.15) is 18.0 Å². The first kappa shape index (κ1) is 19.3. The molecule has 0 aromatic heterocycles. The van der Waals surface area contributed by atoms with Crippen LogP contribution in [0.2, 0.25) is 10.0 Å². The van der Waals surface area contributed by atoms with Gasteiger partial charge in [-0.25, -0.2) is 4.39 Å². The highest BCUT2D eigenvalue weighted by Crippen LogP contribution is 2.35. The molecule has 0 spiro atoms. The van der Waals surface area contributed by atoms with Gasteiger partial charge in [-0.2, -0.15) is 0 Å². The number of carbonyl (C=O) groups excluding carboxylic acids is 2. The highest BCUT2D eigenvalue weighted by Gasteiger charge is 2.25. The molecule has 0 aliphatic carbocycles. The molecule has 138 valence electrons. The van der Waals surface area contributed by atoms with E-state index in [9.17, 15) is 14.0 Å². The second kappa shape index (κ2) is 8.04. The van der Waals surface area contributed by atoms with E-state index in [0.717, 1.165) is 0 Å². The Morgan fingerprint density at radius 3 is 2.26 bits per heavy atom. The van der Waals surface area contributed by atoms with Gasteiger partial charge in [-0.05, 0) is 42.1 Å². The maximum Gasteiger partial charge on any atom is 0.263 e. The predicted molar refractivity (Wildman–Crippen MR) is 104 cm³/mol. The number of hydrogen-bond acceptors (Lipinski definition) is 4. The lowest BCUT2D eigenvalue weighted by molar-refractivity contribution is -0.123. The first-order valence-electron chi connectivity index (χ1n) is 7.59. The van der Waals surface area contributed by atoms with E-state index in [1.54, 1.807) is 18.2 Å². The molecule has 1 aliphatic rings. The van der Waals surface area contributed by atoms with E-state index in [2.05, 4.69) is 10.6 Å². The Balaban J connectivity index is 1.84. The van der Waals surface area contributed by atoms with Crippen LogP contribution in [0.4, 0.5) is 4.39 Å². The van der Waals surface area contributed by atoms with Gasteiger partial charge < -0.3 is 4.74 Å². The van der Waals surface area contributed by atoms with Crippen molar-refractivity contribution < 1.29 is 18.7 Å². The minimum Gasteiger partial charge on any atom is -0.486 e. The second-order valence-electron chi connectivity index (χ2n) is 5.49. The van der Waals surface area contributed by atoms with Gasteiger partial charge in [0.2, 0.25) is 0 Å². The van der Waals surface area contributed by atoms with Crippen molar-refractivity contribution in [1.82, 2.24) is 10.6 Å². The third-order valence-corrected chi connectivity index (χ3v) is 4.37.